The van der Waals surface area contributed by atoms with Crippen molar-refractivity contribution in [3.05, 3.63) is 35.8 Å². The molecule has 0 radical (unpaired) electrons. The van der Waals surface area contributed by atoms with Crippen LogP contribution in [-0.4, -0.2) is 58.3 Å². The molecule has 4 rings (SSSR count). The molecule has 4 atom stereocenters. The number of piperazine rings is 1. The highest BCUT2D eigenvalue weighted by atomic mass is 16.2. The fourth-order valence-corrected chi connectivity index (χ4v) is 5.31. The van der Waals surface area contributed by atoms with Crippen LogP contribution in [-0.2, 0) is 0 Å². The predicted octanol–water partition coefficient (Wildman–Crippen LogP) is 3.21. The van der Waals surface area contributed by atoms with E-state index in [1.807, 2.05) is 17.0 Å². The fraction of sp³-hybridized carbons (Fsp3) is 0.640. The Morgan fingerprint density at radius 2 is 2.00 bits per heavy atom. The quantitative estimate of drug-likeness (QED) is 0.767. The summed E-state index contributed by atoms with van der Waals surface area (Å²) in [7, 11) is 0. The number of amides is 2. The van der Waals surface area contributed by atoms with Crippen molar-refractivity contribution in [2.24, 2.45) is 23.2 Å². The highest BCUT2D eigenvalue weighted by molar-refractivity contribution is 5.95. The molecule has 2 N–H and O–H groups in total. The van der Waals surface area contributed by atoms with E-state index < -0.39 is 0 Å². The summed E-state index contributed by atoms with van der Waals surface area (Å²) in [5.74, 6) is 1.51. The van der Waals surface area contributed by atoms with Gasteiger partial charge in [0.15, 0.2) is 0 Å². The van der Waals surface area contributed by atoms with Gasteiger partial charge < -0.3 is 15.5 Å². The minimum atomic E-state index is -0.119. The van der Waals surface area contributed by atoms with Crippen molar-refractivity contribution in [1.29, 1.82) is 0 Å². The van der Waals surface area contributed by atoms with Crippen molar-refractivity contribution in [2.75, 3.05) is 26.2 Å². The Bertz CT molecular complexity index is 997. The Kier molecular flexibility index (Phi) is 6.30. The maximum atomic E-state index is 13.1. The normalized spacial score (nSPS) is 28.0. The second kappa shape index (κ2) is 8.85. The van der Waals surface area contributed by atoms with Crippen LogP contribution < -0.4 is 10.6 Å². The summed E-state index contributed by atoms with van der Waals surface area (Å²) >= 11 is 0. The lowest BCUT2D eigenvalue weighted by Gasteiger charge is -2.47. The molecule has 7 heteroatoms. The van der Waals surface area contributed by atoms with E-state index in [9.17, 15) is 9.59 Å². The summed E-state index contributed by atoms with van der Waals surface area (Å²) in [4.78, 5) is 32.4. The number of hydrogen-bond acceptors (Lipinski definition) is 4. The smallest absolute Gasteiger partial charge is 0.274 e. The monoisotopic (exact) mass is 439 g/mol. The lowest BCUT2D eigenvalue weighted by atomic mass is 9.59. The molecule has 2 aliphatic rings. The molecule has 1 saturated heterocycles. The largest absolute Gasteiger partial charge is 0.350 e. The Balaban J connectivity index is 1.48. The molecule has 1 saturated carbocycles. The first-order valence-electron chi connectivity index (χ1n) is 12.0. The lowest BCUT2D eigenvalue weighted by molar-refractivity contribution is 0.0324. The molecule has 32 heavy (non-hydrogen) atoms. The van der Waals surface area contributed by atoms with Crippen molar-refractivity contribution in [3.63, 3.8) is 0 Å². The summed E-state index contributed by atoms with van der Waals surface area (Å²) in [6.07, 6.45) is 4.04. The van der Waals surface area contributed by atoms with Gasteiger partial charge in [-0.2, -0.15) is 0 Å². The van der Waals surface area contributed by atoms with Crippen LogP contribution in [0.1, 0.15) is 68.4 Å². The molecule has 2 amide bonds. The van der Waals surface area contributed by atoms with Crippen LogP contribution in [0, 0.1) is 23.2 Å². The Morgan fingerprint density at radius 3 is 2.75 bits per heavy atom. The Hall–Kier alpha value is -2.41. The zero-order valence-corrected chi connectivity index (χ0v) is 20.0. The van der Waals surface area contributed by atoms with Crippen LogP contribution >= 0.6 is 0 Å². The molecule has 2 aromatic rings. The van der Waals surface area contributed by atoms with Crippen molar-refractivity contribution < 1.29 is 9.59 Å². The molecule has 1 aliphatic heterocycles. The Morgan fingerprint density at radius 1 is 1.22 bits per heavy atom. The second-order valence-corrected chi connectivity index (χ2v) is 10.4. The molecule has 0 aromatic carbocycles. The molecular weight excluding hydrogens is 402 g/mol. The van der Waals surface area contributed by atoms with Crippen molar-refractivity contribution in [1.82, 2.24) is 24.9 Å². The summed E-state index contributed by atoms with van der Waals surface area (Å²) in [6.45, 7) is 14.2. The van der Waals surface area contributed by atoms with Crippen molar-refractivity contribution >= 4 is 17.5 Å². The van der Waals surface area contributed by atoms with E-state index in [4.69, 9.17) is 0 Å². The van der Waals surface area contributed by atoms with Crippen LogP contribution in [0.2, 0.25) is 0 Å². The van der Waals surface area contributed by atoms with Gasteiger partial charge in [-0.25, -0.2) is 4.98 Å². The van der Waals surface area contributed by atoms with E-state index in [0.29, 0.717) is 54.4 Å². The summed E-state index contributed by atoms with van der Waals surface area (Å²) in [6, 6.07) is 5.72. The van der Waals surface area contributed by atoms with Gasteiger partial charge in [0.05, 0.1) is 0 Å². The van der Waals surface area contributed by atoms with E-state index in [0.717, 1.165) is 13.0 Å². The summed E-state index contributed by atoms with van der Waals surface area (Å²) < 4.78 is 1.74. The first-order valence-corrected chi connectivity index (χ1v) is 12.0. The second-order valence-electron chi connectivity index (χ2n) is 10.4. The number of pyridine rings is 1. The zero-order valence-electron chi connectivity index (χ0n) is 20.0. The van der Waals surface area contributed by atoms with Crippen LogP contribution in [0.4, 0.5) is 0 Å². The average Bonchev–Trinajstić information content (AvgIpc) is 3.21. The molecule has 3 heterocycles. The minimum Gasteiger partial charge on any atom is -0.350 e. The zero-order chi connectivity index (χ0) is 23.0. The molecule has 2 aromatic heterocycles. The summed E-state index contributed by atoms with van der Waals surface area (Å²) in [5, 5.41) is 6.51. The molecule has 174 valence electrons. The number of aromatic nitrogens is 2. The van der Waals surface area contributed by atoms with E-state index in [-0.39, 0.29) is 23.3 Å². The molecular formula is C25H37N5O2. The number of imidazole rings is 1. The maximum Gasteiger partial charge on any atom is 0.274 e. The van der Waals surface area contributed by atoms with Crippen LogP contribution in [0.5, 0.6) is 0 Å². The van der Waals surface area contributed by atoms with Crippen molar-refractivity contribution in [3.8, 4) is 0 Å². The van der Waals surface area contributed by atoms with Crippen LogP contribution in [0.25, 0.3) is 5.65 Å². The predicted molar refractivity (Wildman–Crippen MR) is 126 cm³/mol. The first kappa shape index (κ1) is 22.8. The van der Waals surface area contributed by atoms with E-state index in [2.05, 4.69) is 50.2 Å². The van der Waals surface area contributed by atoms with Gasteiger partial charge in [-0.3, -0.25) is 14.0 Å². The number of carbonyl (C=O) groups is 2. The van der Waals surface area contributed by atoms with Crippen LogP contribution in [0.15, 0.2) is 24.4 Å². The average molecular weight is 440 g/mol. The van der Waals surface area contributed by atoms with Gasteiger partial charge >= 0.3 is 0 Å². The molecule has 0 unspecified atom stereocenters. The summed E-state index contributed by atoms with van der Waals surface area (Å²) in [5.41, 5.74) is 1.79. The third-order valence-corrected chi connectivity index (χ3v) is 8.25. The van der Waals surface area contributed by atoms with E-state index >= 15 is 0 Å². The Labute approximate surface area is 191 Å². The fourth-order valence-electron chi connectivity index (χ4n) is 5.31. The third kappa shape index (κ3) is 4.27. The van der Waals surface area contributed by atoms with Crippen molar-refractivity contribution in [2.45, 2.75) is 53.5 Å². The highest BCUT2D eigenvalue weighted by Crippen LogP contribution is 2.47. The van der Waals surface area contributed by atoms with E-state index in [1.54, 1.807) is 16.7 Å². The lowest BCUT2D eigenvalue weighted by Crippen LogP contribution is -2.51. The standard InChI is InChI=1S/C25H37N5O2/c1-16-9-10-19(18(3)25(16,4)5)13-27-23(31)21-7-6-8-22-28-20(15-30(21)22)24(32)29-12-11-26-17(2)14-29/h6-8,15-19,26H,9-14H2,1-5H3,(H,27,31)/t16-,17+,18+,19+/m1/s1. The number of nitrogens with one attached hydrogen (secondary N) is 2. The SMILES string of the molecule is C[C@@H]1CC[C@@H](CNC(=O)c2cccc3nc(C(=O)N4CCN[C@@H](C)C4)cn23)[C@H](C)C1(C)C. The van der Waals surface area contributed by atoms with Gasteiger partial charge in [-0.15, -0.1) is 0 Å². The molecule has 0 spiro atoms. The number of rotatable bonds is 4. The molecule has 1 aliphatic carbocycles. The van der Waals surface area contributed by atoms with Gasteiger partial charge in [0, 0.05) is 38.4 Å². The third-order valence-electron chi connectivity index (χ3n) is 8.25. The number of nitrogens with zero attached hydrogens (tertiary/aromatic N) is 3. The minimum absolute atomic E-state index is 0.0826. The highest BCUT2D eigenvalue weighted by Gasteiger charge is 2.40. The molecule has 7 nitrogen and oxygen atoms in total. The van der Waals surface area contributed by atoms with E-state index in [1.165, 1.54) is 6.42 Å². The number of fused-ring (bicyclic) bond motifs is 1. The van der Waals surface area contributed by atoms with Gasteiger partial charge in [0.25, 0.3) is 11.8 Å². The molecule has 2 fully saturated rings. The van der Waals surface area contributed by atoms with Crippen LogP contribution in [0.3, 0.4) is 0 Å². The van der Waals surface area contributed by atoms with Gasteiger partial charge in [0.2, 0.25) is 0 Å². The topological polar surface area (TPSA) is 78.7 Å². The maximum absolute atomic E-state index is 13.1. The van der Waals surface area contributed by atoms with Gasteiger partial charge in [-0.1, -0.05) is 33.8 Å². The van der Waals surface area contributed by atoms with Gasteiger partial charge in [0.1, 0.15) is 17.0 Å². The number of hydrogen-bond donors (Lipinski definition) is 2. The first-order chi connectivity index (χ1) is 15.2. The molecule has 0 bridgehead atoms. The number of carbonyl (C=O) groups excluding carboxylic acids is 2. The van der Waals surface area contributed by atoms with Gasteiger partial charge in [-0.05, 0) is 55.1 Å².